The minimum absolute atomic E-state index is 1.05. The number of para-hydroxylation sites is 1. The molecule has 0 bridgehead atoms. The highest BCUT2D eigenvalue weighted by Crippen LogP contribution is 2.25. The molecule has 0 radical (unpaired) electrons. The van der Waals surface area contributed by atoms with Crippen LogP contribution in [0.3, 0.4) is 0 Å². The minimum Gasteiger partial charge on any atom is -0.360 e. The van der Waals surface area contributed by atoms with Gasteiger partial charge in [0.15, 0.2) is 0 Å². The van der Waals surface area contributed by atoms with E-state index in [0.29, 0.717) is 0 Å². The van der Waals surface area contributed by atoms with Crippen LogP contribution >= 0.6 is 0 Å². The van der Waals surface area contributed by atoms with Crippen LogP contribution in [0.2, 0.25) is 0 Å². The molecule has 19 heavy (non-hydrogen) atoms. The van der Waals surface area contributed by atoms with Crippen LogP contribution in [0.4, 0.5) is 5.69 Å². The Morgan fingerprint density at radius 2 is 1.89 bits per heavy atom. The Kier molecular flexibility index (Phi) is 6.34. The average molecular weight is 258 g/mol. The van der Waals surface area contributed by atoms with Crippen molar-refractivity contribution in [2.75, 3.05) is 13.1 Å². The number of hydrogen-bond donors (Lipinski definition) is 0. The second kappa shape index (κ2) is 7.78. The van der Waals surface area contributed by atoms with Crippen LogP contribution in [0.1, 0.15) is 44.7 Å². The van der Waals surface area contributed by atoms with Crippen LogP contribution in [-0.4, -0.2) is 23.8 Å². The Hall–Kier alpha value is -1.57. The van der Waals surface area contributed by atoms with E-state index in [2.05, 4.69) is 57.4 Å². The predicted octanol–water partition coefficient (Wildman–Crippen LogP) is 4.81. The van der Waals surface area contributed by atoms with Crippen LogP contribution in [0, 0.1) is 6.92 Å². The van der Waals surface area contributed by atoms with Crippen molar-refractivity contribution < 1.29 is 0 Å². The maximum absolute atomic E-state index is 4.84. The lowest BCUT2D eigenvalue weighted by molar-refractivity contribution is 0.414. The molecule has 2 heteroatoms. The molecule has 0 unspecified atom stereocenters. The largest absolute Gasteiger partial charge is 0.360 e. The number of rotatable bonds is 6. The molecule has 0 N–H and O–H groups in total. The summed E-state index contributed by atoms with van der Waals surface area (Å²) in [6.07, 6.45) is 4.17. The number of aryl methyl sites for hydroxylation is 1. The number of benzene rings is 1. The molecule has 2 nitrogen and oxygen atoms in total. The smallest absolute Gasteiger partial charge is 0.102 e. The van der Waals surface area contributed by atoms with Crippen molar-refractivity contribution in [2.45, 2.75) is 40.5 Å². The van der Waals surface area contributed by atoms with Gasteiger partial charge in [-0.2, -0.15) is 0 Å². The topological polar surface area (TPSA) is 15.6 Å². The monoisotopic (exact) mass is 258 g/mol. The van der Waals surface area contributed by atoms with Crippen molar-refractivity contribution in [2.24, 2.45) is 4.99 Å². The standard InChI is InChI=1S/C17H26N2/c1-6-12-19(13-7-2)15(5)18-17-14(4)10-9-11-16(17)8-3/h8-11H,3,6-7,12-13H2,1-2,4-5H3/b18-15+. The van der Waals surface area contributed by atoms with E-state index in [4.69, 9.17) is 4.99 Å². The lowest BCUT2D eigenvalue weighted by atomic mass is 10.1. The lowest BCUT2D eigenvalue weighted by Gasteiger charge is -2.23. The van der Waals surface area contributed by atoms with Crippen molar-refractivity contribution in [1.29, 1.82) is 0 Å². The molecule has 0 fully saturated rings. The third-order valence-corrected chi connectivity index (χ3v) is 3.21. The second-order valence-corrected chi connectivity index (χ2v) is 4.86. The maximum Gasteiger partial charge on any atom is 0.102 e. The van der Waals surface area contributed by atoms with Gasteiger partial charge in [0.1, 0.15) is 5.84 Å². The Bertz CT molecular complexity index is 441. The Morgan fingerprint density at radius 3 is 2.42 bits per heavy atom. The van der Waals surface area contributed by atoms with Crippen LogP contribution in [0.15, 0.2) is 29.8 Å². The van der Waals surface area contributed by atoms with E-state index >= 15 is 0 Å². The van der Waals surface area contributed by atoms with Gasteiger partial charge in [-0.05, 0) is 37.8 Å². The molecule has 1 rings (SSSR count). The first-order chi connectivity index (χ1) is 9.13. The molecule has 0 spiro atoms. The van der Waals surface area contributed by atoms with Gasteiger partial charge < -0.3 is 4.90 Å². The molecule has 0 aliphatic rings. The minimum atomic E-state index is 1.05. The van der Waals surface area contributed by atoms with Gasteiger partial charge in [-0.3, -0.25) is 0 Å². The summed E-state index contributed by atoms with van der Waals surface area (Å²) in [5.74, 6) is 1.10. The summed E-state index contributed by atoms with van der Waals surface area (Å²) < 4.78 is 0. The number of aliphatic imine (C=N–C) groups is 1. The molecule has 1 aromatic carbocycles. The van der Waals surface area contributed by atoms with Crippen LogP contribution in [-0.2, 0) is 0 Å². The molecule has 0 aromatic heterocycles. The van der Waals surface area contributed by atoms with Gasteiger partial charge in [0.25, 0.3) is 0 Å². The zero-order valence-corrected chi connectivity index (χ0v) is 12.7. The van der Waals surface area contributed by atoms with Crippen molar-refractivity contribution in [3.8, 4) is 0 Å². The van der Waals surface area contributed by atoms with E-state index in [1.54, 1.807) is 0 Å². The van der Waals surface area contributed by atoms with Gasteiger partial charge in [-0.25, -0.2) is 4.99 Å². The first-order valence-electron chi connectivity index (χ1n) is 7.16. The van der Waals surface area contributed by atoms with Crippen molar-refractivity contribution in [3.63, 3.8) is 0 Å². The maximum atomic E-state index is 4.84. The fourth-order valence-corrected chi connectivity index (χ4v) is 2.21. The number of amidine groups is 1. The molecule has 0 amide bonds. The molecule has 1 aromatic rings. The van der Waals surface area contributed by atoms with Gasteiger partial charge in [0.2, 0.25) is 0 Å². The molecule has 0 saturated heterocycles. The van der Waals surface area contributed by atoms with E-state index in [0.717, 1.165) is 43.0 Å². The lowest BCUT2D eigenvalue weighted by Crippen LogP contribution is -2.30. The zero-order valence-electron chi connectivity index (χ0n) is 12.7. The van der Waals surface area contributed by atoms with Crippen LogP contribution in [0.5, 0.6) is 0 Å². The predicted molar refractivity (Wildman–Crippen MR) is 86.2 cm³/mol. The first-order valence-corrected chi connectivity index (χ1v) is 7.16. The second-order valence-electron chi connectivity index (χ2n) is 4.86. The average Bonchev–Trinajstić information content (AvgIpc) is 2.40. The SMILES string of the molecule is C=Cc1cccc(C)c1/N=C(\C)N(CCC)CCC. The highest BCUT2D eigenvalue weighted by molar-refractivity contribution is 5.84. The van der Waals surface area contributed by atoms with Crippen LogP contribution in [0.25, 0.3) is 6.08 Å². The molecule has 0 atom stereocenters. The molecular weight excluding hydrogens is 232 g/mol. The van der Waals surface area contributed by atoms with Gasteiger partial charge in [-0.1, -0.05) is 44.7 Å². The summed E-state index contributed by atoms with van der Waals surface area (Å²) >= 11 is 0. The fourth-order valence-electron chi connectivity index (χ4n) is 2.21. The molecule has 0 aliphatic heterocycles. The van der Waals surface area contributed by atoms with Gasteiger partial charge in [0.05, 0.1) is 5.69 Å². The Balaban J connectivity index is 3.08. The highest BCUT2D eigenvalue weighted by atomic mass is 15.2. The van der Waals surface area contributed by atoms with E-state index in [1.807, 2.05) is 6.08 Å². The molecule has 0 saturated carbocycles. The van der Waals surface area contributed by atoms with Gasteiger partial charge in [-0.15, -0.1) is 0 Å². The summed E-state index contributed by atoms with van der Waals surface area (Å²) in [5.41, 5.74) is 3.35. The Labute approximate surface area is 117 Å². The van der Waals surface area contributed by atoms with Crippen molar-refractivity contribution >= 4 is 17.6 Å². The zero-order chi connectivity index (χ0) is 14.3. The molecular formula is C17H26N2. The third-order valence-electron chi connectivity index (χ3n) is 3.21. The van der Waals surface area contributed by atoms with Crippen molar-refractivity contribution in [3.05, 3.63) is 35.9 Å². The van der Waals surface area contributed by atoms with Gasteiger partial charge >= 0.3 is 0 Å². The summed E-state index contributed by atoms with van der Waals surface area (Å²) in [6, 6.07) is 6.22. The summed E-state index contributed by atoms with van der Waals surface area (Å²) in [7, 11) is 0. The normalized spacial score (nSPS) is 11.5. The fraction of sp³-hybridized carbons (Fsp3) is 0.471. The first kappa shape index (κ1) is 15.5. The highest BCUT2D eigenvalue weighted by Gasteiger charge is 2.07. The van der Waals surface area contributed by atoms with Crippen LogP contribution < -0.4 is 0 Å². The Morgan fingerprint density at radius 1 is 1.26 bits per heavy atom. The van der Waals surface area contributed by atoms with Gasteiger partial charge in [0, 0.05) is 13.1 Å². The summed E-state index contributed by atoms with van der Waals surface area (Å²) in [4.78, 5) is 7.20. The summed E-state index contributed by atoms with van der Waals surface area (Å²) in [5, 5.41) is 0. The van der Waals surface area contributed by atoms with E-state index in [-0.39, 0.29) is 0 Å². The number of hydrogen-bond acceptors (Lipinski definition) is 1. The van der Waals surface area contributed by atoms with Crippen molar-refractivity contribution in [1.82, 2.24) is 4.90 Å². The summed E-state index contributed by atoms with van der Waals surface area (Å²) in [6.45, 7) is 14.6. The molecule has 0 heterocycles. The van der Waals surface area contributed by atoms with E-state index in [9.17, 15) is 0 Å². The van der Waals surface area contributed by atoms with E-state index < -0.39 is 0 Å². The quantitative estimate of drug-likeness (QED) is 0.528. The number of nitrogens with zero attached hydrogens (tertiary/aromatic N) is 2. The molecule has 104 valence electrons. The molecule has 0 aliphatic carbocycles. The van der Waals surface area contributed by atoms with E-state index in [1.165, 1.54) is 5.56 Å². The third kappa shape index (κ3) is 4.23.